The lowest BCUT2D eigenvalue weighted by molar-refractivity contribution is -0.128. The number of methoxy groups -OCH3 is 1. The van der Waals surface area contributed by atoms with Gasteiger partial charge in [-0.2, -0.15) is 0 Å². The number of rotatable bonds is 7. The lowest BCUT2D eigenvalue weighted by Gasteiger charge is -2.29. The zero-order valence-corrected chi connectivity index (χ0v) is 20.0. The molecule has 2 aromatic rings. The molecule has 7 nitrogen and oxygen atoms in total. The van der Waals surface area contributed by atoms with Crippen molar-refractivity contribution in [3.8, 4) is 5.75 Å². The van der Waals surface area contributed by atoms with Crippen molar-refractivity contribution in [2.24, 2.45) is 0 Å². The number of carbonyl (C=O) groups is 2. The molecule has 0 N–H and O–H groups in total. The van der Waals surface area contributed by atoms with Gasteiger partial charge in [0.05, 0.1) is 24.7 Å². The zero-order valence-electron chi connectivity index (χ0n) is 19.2. The van der Waals surface area contributed by atoms with Crippen LogP contribution < -0.4 is 9.64 Å². The van der Waals surface area contributed by atoms with E-state index in [0.29, 0.717) is 18.8 Å². The van der Waals surface area contributed by atoms with E-state index in [-0.39, 0.29) is 12.5 Å². The number of anilines is 1. The number of hydrogen-bond donors (Lipinski definition) is 0. The van der Waals surface area contributed by atoms with E-state index in [1.807, 2.05) is 68.4 Å². The highest BCUT2D eigenvalue weighted by atomic mass is 32.2. The molecule has 0 saturated carbocycles. The minimum Gasteiger partial charge on any atom is -0.497 e. The number of likely N-dealkylation sites (N-methyl/N-ethyl adjacent to an activating group) is 1. The van der Waals surface area contributed by atoms with Crippen LogP contribution in [0.3, 0.4) is 0 Å². The maximum absolute atomic E-state index is 13.9. The number of thioether (sulfide) groups is 1. The van der Waals surface area contributed by atoms with Gasteiger partial charge in [0, 0.05) is 18.0 Å². The number of para-hydroxylation sites is 1. The number of benzene rings is 2. The predicted octanol–water partition coefficient (Wildman–Crippen LogP) is 4.29. The van der Waals surface area contributed by atoms with Gasteiger partial charge in [-0.1, -0.05) is 24.3 Å². The number of fused-ring (bicyclic) bond motifs is 1. The molecular formula is C24H30N2O5S. The summed E-state index contributed by atoms with van der Waals surface area (Å²) in [6, 6.07) is 13.5. The first-order chi connectivity index (χ1) is 15.3. The van der Waals surface area contributed by atoms with E-state index in [1.165, 1.54) is 11.8 Å². The van der Waals surface area contributed by atoms with Crippen LogP contribution in [0.1, 0.15) is 23.3 Å². The number of aryl methyl sites for hydroxylation is 1. The van der Waals surface area contributed by atoms with Gasteiger partial charge in [0.25, 0.3) is 5.91 Å². The fraction of sp³-hybridized carbons (Fsp3) is 0.417. The molecule has 1 aliphatic heterocycles. The molecule has 32 heavy (non-hydrogen) atoms. The van der Waals surface area contributed by atoms with Crippen LogP contribution in [0.25, 0.3) is 0 Å². The maximum atomic E-state index is 13.9. The molecule has 0 saturated heterocycles. The first kappa shape index (κ1) is 23.9. The normalized spacial score (nSPS) is 18.2. The summed E-state index contributed by atoms with van der Waals surface area (Å²) in [7, 11) is 5.53. The second-order valence-electron chi connectivity index (χ2n) is 7.75. The number of amides is 1. The van der Waals surface area contributed by atoms with Crippen LogP contribution in [0.2, 0.25) is 0 Å². The summed E-state index contributed by atoms with van der Waals surface area (Å²) < 4.78 is 15.9. The average Bonchev–Trinajstić information content (AvgIpc) is 2.88. The maximum Gasteiger partial charge on any atom is 0.509 e. The molecule has 0 radical (unpaired) electrons. The molecule has 1 amide bonds. The fourth-order valence-corrected chi connectivity index (χ4v) is 4.99. The van der Waals surface area contributed by atoms with Crippen molar-refractivity contribution in [2.45, 2.75) is 30.1 Å². The van der Waals surface area contributed by atoms with E-state index in [2.05, 4.69) is 0 Å². The van der Waals surface area contributed by atoms with Gasteiger partial charge in [0.1, 0.15) is 5.75 Å². The summed E-state index contributed by atoms with van der Waals surface area (Å²) in [5.41, 5.74) is 2.71. The third kappa shape index (κ3) is 5.37. The average molecular weight is 459 g/mol. The highest BCUT2D eigenvalue weighted by Crippen LogP contribution is 2.48. The molecule has 0 spiro atoms. The van der Waals surface area contributed by atoms with Gasteiger partial charge in [-0.05, 0) is 57.3 Å². The molecule has 8 heteroatoms. The number of hydrogen-bond acceptors (Lipinski definition) is 7. The van der Waals surface area contributed by atoms with Crippen molar-refractivity contribution in [3.05, 3.63) is 53.6 Å². The van der Waals surface area contributed by atoms with E-state index in [1.54, 1.807) is 18.9 Å². The van der Waals surface area contributed by atoms with Crippen LogP contribution in [0.4, 0.5) is 10.5 Å². The van der Waals surface area contributed by atoms with Crippen molar-refractivity contribution >= 4 is 29.5 Å². The molecule has 0 aromatic heterocycles. The Balaban J connectivity index is 2.09. The van der Waals surface area contributed by atoms with E-state index in [0.717, 1.165) is 21.7 Å². The lowest BCUT2D eigenvalue weighted by atomic mass is 10.0. The summed E-state index contributed by atoms with van der Waals surface area (Å²) in [5, 5.41) is -0.442. The van der Waals surface area contributed by atoms with Crippen LogP contribution in [-0.4, -0.2) is 64.0 Å². The monoisotopic (exact) mass is 458 g/mol. The van der Waals surface area contributed by atoms with Gasteiger partial charge in [-0.15, -0.1) is 11.8 Å². The SMILES string of the molecule is CCOC(=O)O[C@@H]1C(=O)N(CCN(C)C)c2c(C)cccc2S[C@@H]1c1ccc(OC)cc1. The van der Waals surface area contributed by atoms with E-state index < -0.39 is 17.5 Å². The van der Waals surface area contributed by atoms with Crippen molar-refractivity contribution < 1.29 is 23.8 Å². The van der Waals surface area contributed by atoms with Crippen LogP contribution in [0.5, 0.6) is 5.75 Å². The van der Waals surface area contributed by atoms with Crippen molar-refractivity contribution in [1.29, 1.82) is 0 Å². The van der Waals surface area contributed by atoms with Crippen LogP contribution in [0, 0.1) is 6.92 Å². The van der Waals surface area contributed by atoms with Crippen molar-refractivity contribution in [3.63, 3.8) is 0 Å². The largest absolute Gasteiger partial charge is 0.509 e. The number of carbonyl (C=O) groups excluding carboxylic acids is 2. The van der Waals surface area contributed by atoms with Gasteiger partial charge in [0.2, 0.25) is 6.10 Å². The Kier molecular flexibility index (Phi) is 8.04. The molecule has 0 aliphatic carbocycles. The van der Waals surface area contributed by atoms with E-state index in [4.69, 9.17) is 14.2 Å². The molecule has 0 fully saturated rings. The van der Waals surface area contributed by atoms with E-state index in [9.17, 15) is 9.59 Å². The first-order valence-electron chi connectivity index (χ1n) is 10.6. The number of ether oxygens (including phenoxy) is 3. The minimum atomic E-state index is -1.04. The first-order valence-corrected chi connectivity index (χ1v) is 11.4. The Morgan fingerprint density at radius 3 is 2.50 bits per heavy atom. The van der Waals surface area contributed by atoms with Gasteiger partial charge in [0.15, 0.2) is 0 Å². The van der Waals surface area contributed by atoms with Gasteiger partial charge >= 0.3 is 6.16 Å². The van der Waals surface area contributed by atoms with Gasteiger partial charge < -0.3 is 24.0 Å². The predicted molar refractivity (Wildman–Crippen MR) is 126 cm³/mol. The molecule has 0 unspecified atom stereocenters. The highest BCUT2D eigenvalue weighted by molar-refractivity contribution is 7.99. The fourth-order valence-electron chi connectivity index (χ4n) is 3.59. The summed E-state index contributed by atoms with van der Waals surface area (Å²) in [5.74, 6) is 0.451. The molecule has 0 bridgehead atoms. The Labute approximate surface area is 193 Å². The summed E-state index contributed by atoms with van der Waals surface area (Å²) in [6.45, 7) is 5.01. The molecule has 2 atom stereocenters. The Morgan fingerprint density at radius 2 is 1.88 bits per heavy atom. The standard InChI is InChI=1S/C24H30N2O5S/c1-6-30-24(28)31-21-22(17-10-12-18(29-5)13-11-17)32-19-9-7-8-16(2)20(19)26(23(21)27)15-14-25(3)4/h7-13,21-22H,6,14-15H2,1-5H3/t21-,22+/m0/s1. The van der Waals surface area contributed by atoms with Crippen LogP contribution in [0.15, 0.2) is 47.4 Å². The second kappa shape index (κ2) is 10.7. The molecule has 3 rings (SSSR count). The molecule has 1 heterocycles. The number of nitrogens with zero attached hydrogens (tertiary/aromatic N) is 2. The minimum absolute atomic E-state index is 0.170. The summed E-state index contributed by atoms with van der Waals surface area (Å²) >= 11 is 1.52. The Bertz CT molecular complexity index is 948. The topological polar surface area (TPSA) is 68.3 Å². The zero-order chi connectivity index (χ0) is 23.3. The Hall–Kier alpha value is -2.71. The Morgan fingerprint density at radius 1 is 1.16 bits per heavy atom. The summed E-state index contributed by atoms with van der Waals surface area (Å²) in [4.78, 5) is 30.9. The van der Waals surface area contributed by atoms with Crippen LogP contribution >= 0.6 is 11.8 Å². The van der Waals surface area contributed by atoms with Crippen molar-refractivity contribution in [2.75, 3.05) is 45.8 Å². The van der Waals surface area contributed by atoms with Gasteiger partial charge in [-0.3, -0.25) is 4.79 Å². The molecule has 2 aromatic carbocycles. The molecule has 172 valence electrons. The lowest BCUT2D eigenvalue weighted by Crippen LogP contribution is -2.45. The van der Waals surface area contributed by atoms with Gasteiger partial charge in [-0.25, -0.2) is 4.79 Å². The smallest absolute Gasteiger partial charge is 0.497 e. The second-order valence-corrected chi connectivity index (χ2v) is 8.93. The third-order valence-corrected chi connectivity index (χ3v) is 6.57. The highest BCUT2D eigenvalue weighted by Gasteiger charge is 2.42. The molecule has 1 aliphatic rings. The summed E-state index contributed by atoms with van der Waals surface area (Å²) in [6.07, 6.45) is -1.89. The quantitative estimate of drug-likeness (QED) is 0.574. The molecular weight excluding hydrogens is 428 g/mol. The van der Waals surface area contributed by atoms with E-state index >= 15 is 0 Å². The third-order valence-electron chi connectivity index (χ3n) is 5.21. The van der Waals surface area contributed by atoms with Crippen LogP contribution in [-0.2, 0) is 14.3 Å². The van der Waals surface area contributed by atoms with Crippen molar-refractivity contribution in [1.82, 2.24) is 4.90 Å².